The number of benzene rings is 2. The molecule has 1 amide bonds. The second-order valence-electron chi connectivity index (χ2n) is 7.16. The third kappa shape index (κ3) is 4.80. The van der Waals surface area contributed by atoms with Gasteiger partial charge in [0.1, 0.15) is 6.54 Å². The lowest BCUT2D eigenvalue weighted by molar-refractivity contribution is -0.116. The number of aromatic nitrogens is 3. The third-order valence-electron chi connectivity index (χ3n) is 4.86. The number of nitrogens with one attached hydrogen (secondary N) is 1. The van der Waals surface area contributed by atoms with Crippen LogP contribution < -0.4 is 10.9 Å². The first kappa shape index (κ1) is 20.7. The highest BCUT2D eigenvalue weighted by molar-refractivity contribution is 9.10. The van der Waals surface area contributed by atoms with Crippen molar-refractivity contribution in [1.82, 2.24) is 14.7 Å². The minimum Gasteiger partial charge on any atom is -0.334 e. The van der Waals surface area contributed by atoms with Gasteiger partial charge in [-0.1, -0.05) is 27.2 Å². The van der Waals surface area contributed by atoms with E-state index < -0.39 is 0 Å². The summed E-state index contributed by atoms with van der Waals surface area (Å²) in [6.45, 7) is 3.85. The highest BCUT2D eigenvalue weighted by Gasteiger charge is 2.13. The summed E-state index contributed by atoms with van der Waals surface area (Å²) in [6, 6.07) is 16.2. The predicted octanol–water partition coefficient (Wildman–Crippen LogP) is 4.58. The number of rotatable bonds is 5. The lowest BCUT2D eigenvalue weighted by Gasteiger charge is -2.09. The molecule has 0 aliphatic carbocycles. The molecular formula is C23H19BrN4O3. The van der Waals surface area contributed by atoms with Gasteiger partial charge in [0.15, 0.2) is 0 Å². The maximum atomic E-state index is 12.5. The number of aryl methyl sites for hydroxylation is 2. The number of anilines is 1. The standard InChI is InChI=1S/C23H19BrN4O3/c1-14-3-9-19(11-15(14)2)25-20(29)13-28-12-17(6-10-21(28)30)23-26-22(27-31-23)16-4-7-18(24)8-5-16/h3-12H,13H2,1-2H3,(H,25,29). The number of amides is 1. The summed E-state index contributed by atoms with van der Waals surface area (Å²) in [7, 11) is 0. The summed E-state index contributed by atoms with van der Waals surface area (Å²) in [4.78, 5) is 29.1. The van der Waals surface area contributed by atoms with Crippen molar-refractivity contribution in [3.63, 3.8) is 0 Å². The van der Waals surface area contributed by atoms with Crippen molar-refractivity contribution < 1.29 is 9.32 Å². The summed E-state index contributed by atoms with van der Waals surface area (Å²) < 4.78 is 7.63. The van der Waals surface area contributed by atoms with Crippen LogP contribution in [0.15, 0.2) is 74.6 Å². The molecule has 2 aromatic carbocycles. The van der Waals surface area contributed by atoms with E-state index in [-0.39, 0.29) is 23.9 Å². The fraction of sp³-hybridized carbons (Fsp3) is 0.130. The zero-order valence-electron chi connectivity index (χ0n) is 16.9. The zero-order chi connectivity index (χ0) is 22.0. The number of carbonyl (C=O) groups is 1. The van der Waals surface area contributed by atoms with Crippen molar-refractivity contribution in [3.05, 3.63) is 86.7 Å². The Bertz CT molecular complexity index is 1310. The van der Waals surface area contributed by atoms with Crippen molar-refractivity contribution in [2.45, 2.75) is 20.4 Å². The zero-order valence-corrected chi connectivity index (χ0v) is 18.5. The molecule has 156 valence electrons. The molecule has 0 atom stereocenters. The second-order valence-corrected chi connectivity index (χ2v) is 8.08. The van der Waals surface area contributed by atoms with Gasteiger partial charge in [-0.25, -0.2) is 0 Å². The molecule has 0 saturated heterocycles. The molecule has 0 spiro atoms. The van der Waals surface area contributed by atoms with Crippen LogP contribution in [-0.4, -0.2) is 20.6 Å². The van der Waals surface area contributed by atoms with Gasteiger partial charge in [0.25, 0.3) is 11.4 Å². The Kier molecular flexibility index (Phi) is 5.81. The highest BCUT2D eigenvalue weighted by Crippen LogP contribution is 2.23. The number of pyridine rings is 1. The lowest BCUT2D eigenvalue weighted by atomic mass is 10.1. The van der Waals surface area contributed by atoms with E-state index in [0.29, 0.717) is 17.1 Å². The summed E-state index contributed by atoms with van der Waals surface area (Å²) in [5, 5.41) is 6.83. The van der Waals surface area contributed by atoms with E-state index in [4.69, 9.17) is 4.52 Å². The van der Waals surface area contributed by atoms with E-state index in [0.717, 1.165) is 21.2 Å². The molecule has 0 radical (unpaired) electrons. The molecule has 7 nitrogen and oxygen atoms in total. The Morgan fingerprint density at radius 1 is 1.03 bits per heavy atom. The number of hydrogen-bond donors (Lipinski definition) is 1. The minimum atomic E-state index is -0.302. The van der Waals surface area contributed by atoms with E-state index in [2.05, 4.69) is 31.4 Å². The number of halogens is 1. The van der Waals surface area contributed by atoms with Crippen LogP contribution in [0.3, 0.4) is 0 Å². The molecule has 0 bridgehead atoms. The van der Waals surface area contributed by atoms with Crippen molar-refractivity contribution in [1.29, 1.82) is 0 Å². The van der Waals surface area contributed by atoms with Crippen LogP contribution in [0.4, 0.5) is 5.69 Å². The minimum absolute atomic E-state index is 0.132. The predicted molar refractivity (Wildman–Crippen MR) is 122 cm³/mol. The normalized spacial score (nSPS) is 10.8. The van der Waals surface area contributed by atoms with Crippen LogP contribution in [0.5, 0.6) is 0 Å². The van der Waals surface area contributed by atoms with Crippen LogP contribution in [0, 0.1) is 13.8 Å². The van der Waals surface area contributed by atoms with Crippen LogP contribution in [0.25, 0.3) is 22.8 Å². The second kappa shape index (κ2) is 8.69. The van der Waals surface area contributed by atoms with Gasteiger partial charge in [-0.15, -0.1) is 0 Å². The Labute approximate surface area is 186 Å². The van der Waals surface area contributed by atoms with E-state index in [9.17, 15) is 9.59 Å². The molecule has 0 unspecified atom stereocenters. The van der Waals surface area contributed by atoms with Crippen LogP contribution >= 0.6 is 15.9 Å². The monoisotopic (exact) mass is 478 g/mol. The first-order valence-electron chi connectivity index (χ1n) is 9.57. The average molecular weight is 479 g/mol. The molecule has 0 aliphatic heterocycles. The smallest absolute Gasteiger partial charge is 0.259 e. The fourth-order valence-corrected chi connectivity index (χ4v) is 3.28. The Balaban J connectivity index is 1.53. The molecule has 2 heterocycles. The van der Waals surface area contributed by atoms with Gasteiger partial charge in [-0.2, -0.15) is 4.98 Å². The largest absolute Gasteiger partial charge is 0.334 e. The number of hydrogen-bond acceptors (Lipinski definition) is 5. The molecule has 0 aliphatic rings. The summed E-state index contributed by atoms with van der Waals surface area (Å²) in [5.41, 5.74) is 3.97. The third-order valence-corrected chi connectivity index (χ3v) is 5.39. The molecule has 4 aromatic rings. The van der Waals surface area contributed by atoms with E-state index in [1.54, 1.807) is 12.3 Å². The van der Waals surface area contributed by atoms with E-state index in [1.165, 1.54) is 10.6 Å². The number of carbonyl (C=O) groups excluding carboxylic acids is 1. The van der Waals surface area contributed by atoms with Gasteiger partial charge >= 0.3 is 0 Å². The molecule has 2 aromatic heterocycles. The first-order chi connectivity index (χ1) is 14.9. The van der Waals surface area contributed by atoms with Crippen molar-refractivity contribution >= 4 is 27.5 Å². The molecule has 1 N–H and O–H groups in total. The van der Waals surface area contributed by atoms with Crippen molar-refractivity contribution in [2.75, 3.05) is 5.32 Å². The van der Waals surface area contributed by atoms with Gasteiger partial charge in [0, 0.05) is 28.0 Å². The summed E-state index contributed by atoms with van der Waals surface area (Å²) >= 11 is 3.39. The molecular weight excluding hydrogens is 460 g/mol. The number of nitrogens with zero attached hydrogens (tertiary/aromatic N) is 3. The fourth-order valence-electron chi connectivity index (χ4n) is 3.01. The van der Waals surface area contributed by atoms with Crippen molar-refractivity contribution in [2.24, 2.45) is 0 Å². The summed E-state index contributed by atoms with van der Waals surface area (Å²) in [6.07, 6.45) is 1.54. The van der Waals surface area contributed by atoms with Crippen LogP contribution in [-0.2, 0) is 11.3 Å². The van der Waals surface area contributed by atoms with Crippen molar-refractivity contribution in [3.8, 4) is 22.8 Å². The quantitative estimate of drug-likeness (QED) is 0.453. The molecule has 4 rings (SSSR count). The Morgan fingerprint density at radius 3 is 2.52 bits per heavy atom. The van der Waals surface area contributed by atoms with E-state index >= 15 is 0 Å². The Morgan fingerprint density at radius 2 is 1.77 bits per heavy atom. The maximum Gasteiger partial charge on any atom is 0.259 e. The van der Waals surface area contributed by atoms with Gasteiger partial charge in [0.2, 0.25) is 11.7 Å². The van der Waals surface area contributed by atoms with Gasteiger partial charge in [-0.05, 0) is 67.4 Å². The SMILES string of the molecule is Cc1ccc(NC(=O)Cn2cc(-c3nc(-c4ccc(Br)cc4)no3)ccc2=O)cc1C. The van der Waals surface area contributed by atoms with Gasteiger partial charge < -0.3 is 14.4 Å². The molecule has 31 heavy (non-hydrogen) atoms. The first-order valence-corrected chi connectivity index (χ1v) is 10.4. The lowest BCUT2D eigenvalue weighted by Crippen LogP contribution is -2.26. The average Bonchev–Trinajstić information content (AvgIpc) is 3.23. The van der Waals surface area contributed by atoms with Crippen LogP contribution in [0.1, 0.15) is 11.1 Å². The topological polar surface area (TPSA) is 90.0 Å². The van der Waals surface area contributed by atoms with E-state index in [1.807, 2.05) is 56.3 Å². The Hall–Kier alpha value is -3.52. The highest BCUT2D eigenvalue weighted by atomic mass is 79.9. The molecule has 0 fully saturated rings. The summed E-state index contributed by atoms with van der Waals surface area (Å²) in [5.74, 6) is 0.401. The van der Waals surface area contributed by atoms with Gasteiger partial charge in [0.05, 0.1) is 5.56 Å². The molecule has 0 saturated carbocycles. The maximum absolute atomic E-state index is 12.5. The van der Waals surface area contributed by atoms with Crippen LogP contribution in [0.2, 0.25) is 0 Å². The molecule has 8 heteroatoms. The van der Waals surface area contributed by atoms with Gasteiger partial charge in [-0.3, -0.25) is 9.59 Å².